The van der Waals surface area contributed by atoms with E-state index in [2.05, 4.69) is 26.2 Å². The number of amides is 2. The Balaban J connectivity index is 1.83. The molecule has 8 nitrogen and oxygen atoms in total. The first-order valence-corrected chi connectivity index (χ1v) is 7.55. The molecule has 0 atom stereocenters. The highest BCUT2D eigenvalue weighted by Crippen LogP contribution is 2.18. The maximum Gasteiger partial charge on any atom is 0.255 e. The smallest absolute Gasteiger partial charge is 0.255 e. The fourth-order valence-electron chi connectivity index (χ4n) is 2.36. The van der Waals surface area contributed by atoms with E-state index in [1.807, 2.05) is 6.07 Å². The third-order valence-electron chi connectivity index (χ3n) is 3.61. The van der Waals surface area contributed by atoms with E-state index >= 15 is 0 Å². The largest absolute Gasteiger partial charge is 0.355 e. The van der Waals surface area contributed by atoms with Crippen molar-refractivity contribution in [3.05, 3.63) is 59.7 Å². The molecule has 0 bridgehead atoms. The molecule has 0 fully saturated rings. The molecule has 2 N–H and O–H groups in total. The topological polar surface area (TPSA) is 102 Å². The lowest BCUT2D eigenvalue weighted by atomic mass is 10.1. The minimum absolute atomic E-state index is 0.215. The van der Waals surface area contributed by atoms with Crippen LogP contribution < -0.4 is 10.6 Å². The zero-order valence-electron chi connectivity index (χ0n) is 13.7. The second kappa shape index (κ2) is 6.91. The van der Waals surface area contributed by atoms with E-state index in [0.29, 0.717) is 22.6 Å². The van der Waals surface area contributed by atoms with Gasteiger partial charge in [0.2, 0.25) is 0 Å². The minimum Gasteiger partial charge on any atom is -0.355 e. The number of anilines is 1. The first kappa shape index (κ1) is 16.3. The number of aromatic nitrogens is 4. The Kier molecular flexibility index (Phi) is 4.51. The zero-order chi connectivity index (χ0) is 17.8. The standard InChI is InChI=1S/C17H16N6O2/c1-18-16(24)13-7-4-8-14(10-13)19-17(25)12-6-3-5-11(9-12)15-20-21-22-23(15)2/h3-10H,1-2H3,(H,18,24)(H,19,25). The molecule has 0 saturated carbocycles. The second-order valence-corrected chi connectivity index (χ2v) is 5.32. The van der Waals surface area contributed by atoms with Crippen molar-refractivity contribution in [3.8, 4) is 11.4 Å². The number of carbonyl (C=O) groups excluding carboxylic acids is 2. The molecule has 2 aromatic carbocycles. The van der Waals surface area contributed by atoms with Crippen LogP contribution in [0.25, 0.3) is 11.4 Å². The average Bonchev–Trinajstić information content (AvgIpc) is 3.07. The van der Waals surface area contributed by atoms with Gasteiger partial charge in [-0.1, -0.05) is 18.2 Å². The number of rotatable bonds is 4. The minimum atomic E-state index is -0.286. The molecule has 2 amide bonds. The molecule has 0 aliphatic rings. The van der Waals surface area contributed by atoms with Crippen molar-refractivity contribution in [2.45, 2.75) is 0 Å². The lowest BCUT2D eigenvalue weighted by Crippen LogP contribution is -2.18. The van der Waals surface area contributed by atoms with Gasteiger partial charge in [0.1, 0.15) is 0 Å². The molecule has 3 aromatic rings. The molecule has 0 saturated heterocycles. The molecule has 126 valence electrons. The fourth-order valence-corrected chi connectivity index (χ4v) is 2.36. The first-order chi connectivity index (χ1) is 12.1. The van der Waals surface area contributed by atoms with E-state index in [-0.39, 0.29) is 11.8 Å². The van der Waals surface area contributed by atoms with E-state index in [1.54, 1.807) is 56.6 Å². The van der Waals surface area contributed by atoms with Gasteiger partial charge in [0.05, 0.1) is 0 Å². The summed E-state index contributed by atoms with van der Waals surface area (Å²) in [7, 11) is 3.28. The van der Waals surface area contributed by atoms with Crippen LogP contribution in [0.4, 0.5) is 5.69 Å². The highest BCUT2D eigenvalue weighted by molar-refractivity contribution is 6.05. The van der Waals surface area contributed by atoms with Crippen LogP contribution >= 0.6 is 0 Å². The van der Waals surface area contributed by atoms with Gasteiger partial charge >= 0.3 is 0 Å². The first-order valence-electron chi connectivity index (χ1n) is 7.55. The predicted molar refractivity (Wildman–Crippen MR) is 92.0 cm³/mol. The quantitative estimate of drug-likeness (QED) is 0.751. The monoisotopic (exact) mass is 336 g/mol. The molecule has 8 heteroatoms. The van der Waals surface area contributed by atoms with Crippen LogP contribution in [0, 0.1) is 0 Å². The summed E-state index contributed by atoms with van der Waals surface area (Å²) in [5.41, 5.74) is 2.21. The Morgan fingerprint density at radius 2 is 1.72 bits per heavy atom. The summed E-state index contributed by atoms with van der Waals surface area (Å²) in [6.07, 6.45) is 0. The van der Waals surface area contributed by atoms with Gasteiger partial charge in [-0.3, -0.25) is 9.59 Å². The van der Waals surface area contributed by atoms with Crippen LogP contribution in [-0.4, -0.2) is 39.1 Å². The molecule has 3 rings (SSSR count). The van der Waals surface area contributed by atoms with Crippen molar-refractivity contribution in [2.24, 2.45) is 7.05 Å². The maximum absolute atomic E-state index is 12.5. The molecule has 0 aliphatic carbocycles. The third-order valence-corrected chi connectivity index (χ3v) is 3.61. The fraction of sp³-hybridized carbons (Fsp3) is 0.118. The molecule has 0 spiro atoms. The van der Waals surface area contributed by atoms with Gasteiger partial charge in [0.25, 0.3) is 11.8 Å². The van der Waals surface area contributed by atoms with Crippen LogP contribution in [0.5, 0.6) is 0 Å². The van der Waals surface area contributed by atoms with Gasteiger partial charge < -0.3 is 10.6 Å². The normalized spacial score (nSPS) is 10.3. The highest BCUT2D eigenvalue weighted by atomic mass is 16.2. The summed E-state index contributed by atoms with van der Waals surface area (Å²) in [6.45, 7) is 0. The van der Waals surface area contributed by atoms with Crippen molar-refractivity contribution < 1.29 is 9.59 Å². The molecular weight excluding hydrogens is 320 g/mol. The van der Waals surface area contributed by atoms with Gasteiger partial charge in [0, 0.05) is 36.5 Å². The van der Waals surface area contributed by atoms with E-state index in [4.69, 9.17) is 0 Å². The van der Waals surface area contributed by atoms with Crippen molar-refractivity contribution in [1.82, 2.24) is 25.5 Å². The number of carbonyl (C=O) groups is 2. The van der Waals surface area contributed by atoms with E-state index in [0.717, 1.165) is 5.56 Å². The molecular formula is C17H16N6O2. The molecule has 0 aliphatic heterocycles. The van der Waals surface area contributed by atoms with Crippen molar-refractivity contribution >= 4 is 17.5 Å². The number of benzene rings is 2. The van der Waals surface area contributed by atoms with Gasteiger partial charge in [0.15, 0.2) is 5.82 Å². The van der Waals surface area contributed by atoms with Crippen molar-refractivity contribution in [3.63, 3.8) is 0 Å². The highest BCUT2D eigenvalue weighted by Gasteiger charge is 2.12. The molecule has 1 aromatic heterocycles. The average molecular weight is 336 g/mol. The lowest BCUT2D eigenvalue weighted by molar-refractivity contribution is 0.0961. The summed E-state index contributed by atoms with van der Waals surface area (Å²) in [4.78, 5) is 24.2. The van der Waals surface area contributed by atoms with Crippen LogP contribution in [0.3, 0.4) is 0 Å². The molecule has 25 heavy (non-hydrogen) atoms. The summed E-state index contributed by atoms with van der Waals surface area (Å²) >= 11 is 0. The van der Waals surface area contributed by atoms with E-state index < -0.39 is 0 Å². The SMILES string of the molecule is CNC(=O)c1cccc(NC(=O)c2cccc(-c3nnnn3C)c2)c1. The van der Waals surface area contributed by atoms with Crippen molar-refractivity contribution in [2.75, 3.05) is 12.4 Å². The van der Waals surface area contributed by atoms with Crippen LogP contribution in [0.2, 0.25) is 0 Å². The third kappa shape index (κ3) is 3.52. The number of nitrogens with zero attached hydrogens (tertiary/aromatic N) is 4. The van der Waals surface area contributed by atoms with Crippen LogP contribution in [-0.2, 0) is 7.05 Å². The van der Waals surface area contributed by atoms with Gasteiger partial charge in [-0.15, -0.1) is 5.10 Å². The molecule has 0 radical (unpaired) electrons. The Labute approximate surface area is 143 Å². The number of nitrogens with one attached hydrogen (secondary N) is 2. The van der Waals surface area contributed by atoms with Crippen LogP contribution in [0.15, 0.2) is 48.5 Å². The number of hydrogen-bond donors (Lipinski definition) is 2. The summed E-state index contributed by atoms with van der Waals surface area (Å²) in [6, 6.07) is 13.7. The van der Waals surface area contributed by atoms with Gasteiger partial charge in [-0.25, -0.2) is 4.68 Å². The zero-order valence-corrected chi connectivity index (χ0v) is 13.7. The Bertz CT molecular complexity index is 934. The summed E-state index contributed by atoms with van der Waals surface area (Å²) in [5.74, 6) is 0.0650. The Hall–Kier alpha value is -3.55. The van der Waals surface area contributed by atoms with E-state index in [9.17, 15) is 9.59 Å². The maximum atomic E-state index is 12.5. The summed E-state index contributed by atoms with van der Waals surface area (Å²) in [5, 5.41) is 16.7. The number of hydrogen-bond acceptors (Lipinski definition) is 5. The van der Waals surface area contributed by atoms with Crippen LogP contribution in [0.1, 0.15) is 20.7 Å². The van der Waals surface area contributed by atoms with Crippen molar-refractivity contribution in [1.29, 1.82) is 0 Å². The molecule has 1 heterocycles. The second-order valence-electron chi connectivity index (χ2n) is 5.32. The number of tetrazole rings is 1. The number of aryl methyl sites for hydroxylation is 1. The van der Waals surface area contributed by atoms with E-state index in [1.165, 1.54) is 4.68 Å². The molecule has 0 unspecified atom stereocenters. The lowest BCUT2D eigenvalue weighted by Gasteiger charge is -2.08. The summed E-state index contributed by atoms with van der Waals surface area (Å²) < 4.78 is 1.53. The van der Waals surface area contributed by atoms with Gasteiger partial charge in [-0.2, -0.15) is 0 Å². The predicted octanol–water partition coefficient (Wildman–Crippen LogP) is 1.49. The van der Waals surface area contributed by atoms with Gasteiger partial charge in [-0.05, 0) is 40.8 Å². The Morgan fingerprint density at radius 1 is 1.00 bits per heavy atom. The Morgan fingerprint density at radius 3 is 2.40 bits per heavy atom.